The van der Waals surface area contributed by atoms with E-state index in [-0.39, 0.29) is 34.9 Å². The number of ether oxygens (including phenoxy) is 1. The fraction of sp³-hybridized carbons (Fsp3) is 0.619. The molecule has 1 N–H and O–H groups in total. The Hall–Kier alpha value is -1.93. The molecule has 1 heterocycles. The molecule has 1 amide bonds. The van der Waals surface area contributed by atoms with Gasteiger partial charge in [0.1, 0.15) is 0 Å². The first-order chi connectivity index (χ1) is 13.5. The molecule has 0 saturated carbocycles. The molecule has 29 heavy (non-hydrogen) atoms. The molecule has 8 heteroatoms. The zero-order chi connectivity index (χ0) is 21.8. The van der Waals surface area contributed by atoms with Gasteiger partial charge in [0, 0.05) is 19.1 Å². The van der Waals surface area contributed by atoms with E-state index in [1.165, 1.54) is 28.6 Å². The predicted octanol–water partition coefficient (Wildman–Crippen LogP) is 2.67. The molecule has 1 aromatic rings. The highest BCUT2D eigenvalue weighted by atomic mass is 32.2. The Morgan fingerprint density at radius 2 is 1.66 bits per heavy atom. The molecule has 1 saturated heterocycles. The second-order valence-electron chi connectivity index (χ2n) is 8.47. The topological polar surface area (TPSA) is 92.8 Å². The SMILES string of the molecule is CC(C)[C@H](C)NC(=O)COC(=O)c1ccc(S(=O)(=O)N2C[C@H](C)C[C@H](C)C2)cc1. The van der Waals surface area contributed by atoms with Crippen LogP contribution in [0.2, 0.25) is 0 Å². The van der Waals surface area contributed by atoms with Crippen LogP contribution in [0, 0.1) is 17.8 Å². The maximum Gasteiger partial charge on any atom is 0.338 e. The lowest BCUT2D eigenvalue weighted by molar-refractivity contribution is -0.125. The van der Waals surface area contributed by atoms with Crippen molar-refractivity contribution in [3.63, 3.8) is 0 Å². The van der Waals surface area contributed by atoms with E-state index in [9.17, 15) is 18.0 Å². The Labute approximate surface area is 173 Å². The second-order valence-corrected chi connectivity index (χ2v) is 10.4. The summed E-state index contributed by atoms with van der Waals surface area (Å²) in [6, 6.07) is 5.64. The van der Waals surface area contributed by atoms with Crippen LogP contribution >= 0.6 is 0 Å². The molecule has 0 spiro atoms. The summed E-state index contributed by atoms with van der Waals surface area (Å²) in [7, 11) is -3.60. The minimum absolute atomic E-state index is 0.0223. The van der Waals surface area contributed by atoms with Crippen molar-refractivity contribution in [2.75, 3.05) is 19.7 Å². The highest BCUT2D eigenvalue weighted by Gasteiger charge is 2.31. The van der Waals surface area contributed by atoms with Crippen molar-refractivity contribution in [2.45, 2.75) is 52.0 Å². The van der Waals surface area contributed by atoms with Crippen LogP contribution in [-0.4, -0.2) is 50.3 Å². The first-order valence-corrected chi connectivity index (χ1v) is 11.5. The van der Waals surface area contributed by atoms with Crippen LogP contribution in [0.25, 0.3) is 0 Å². The molecule has 1 aromatic carbocycles. The van der Waals surface area contributed by atoms with E-state index in [1.54, 1.807) is 0 Å². The molecule has 3 atom stereocenters. The summed E-state index contributed by atoms with van der Waals surface area (Å²) in [6.07, 6.45) is 1.01. The van der Waals surface area contributed by atoms with Crippen LogP contribution in [0.5, 0.6) is 0 Å². The number of amides is 1. The summed E-state index contributed by atoms with van der Waals surface area (Å²) in [4.78, 5) is 24.1. The smallest absolute Gasteiger partial charge is 0.338 e. The summed E-state index contributed by atoms with van der Waals surface area (Å²) >= 11 is 0. The van der Waals surface area contributed by atoms with Crippen LogP contribution in [0.1, 0.15) is 51.4 Å². The normalized spacial score (nSPS) is 21.6. The van der Waals surface area contributed by atoms with Gasteiger partial charge < -0.3 is 10.1 Å². The molecular formula is C21H32N2O5S. The van der Waals surface area contributed by atoms with E-state index in [1.807, 2.05) is 20.8 Å². The van der Waals surface area contributed by atoms with Crippen LogP contribution < -0.4 is 5.32 Å². The Bertz CT molecular complexity index is 810. The molecule has 7 nitrogen and oxygen atoms in total. The molecule has 0 radical (unpaired) electrons. The first-order valence-electron chi connectivity index (χ1n) is 10.1. The number of nitrogens with zero attached hydrogens (tertiary/aromatic N) is 1. The summed E-state index contributed by atoms with van der Waals surface area (Å²) in [5.41, 5.74) is 0.203. The molecule has 0 aromatic heterocycles. The second kappa shape index (κ2) is 9.71. The van der Waals surface area contributed by atoms with Crippen molar-refractivity contribution < 1.29 is 22.7 Å². The molecule has 162 valence electrons. The Kier molecular flexibility index (Phi) is 7.82. The summed E-state index contributed by atoms with van der Waals surface area (Å²) in [5.74, 6) is -0.136. The average molecular weight is 425 g/mol. The van der Waals surface area contributed by atoms with Gasteiger partial charge in [0.25, 0.3) is 5.91 Å². The van der Waals surface area contributed by atoms with Crippen molar-refractivity contribution in [1.82, 2.24) is 9.62 Å². The molecule has 1 aliphatic rings. The largest absolute Gasteiger partial charge is 0.452 e. The minimum atomic E-state index is -3.60. The number of carbonyl (C=O) groups is 2. The Balaban J connectivity index is 1.98. The zero-order valence-electron chi connectivity index (χ0n) is 17.8. The monoisotopic (exact) mass is 424 g/mol. The number of nitrogens with one attached hydrogen (secondary N) is 1. The van der Waals surface area contributed by atoms with Crippen LogP contribution in [0.4, 0.5) is 0 Å². The van der Waals surface area contributed by atoms with Crippen molar-refractivity contribution in [2.24, 2.45) is 17.8 Å². The van der Waals surface area contributed by atoms with E-state index in [4.69, 9.17) is 4.74 Å². The lowest BCUT2D eigenvalue weighted by Crippen LogP contribution is -2.42. The van der Waals surface area contributed by atoms with Gasteiger partial charge in [0.15, 0.2) is 6.61 Å². The molecular weight excluding hydrogens is 392 g/mol. The van der Waals surface area contributed by atoms with Gasteiger partial charge in [-0.15, -0.1) is 0 Å². The third kappa shape index (κ3) is 6.27. The number of sulfonamides is 1. The standard InChI is InChI=1S/C21H32N2O5S/c1-14(2)17(5)22-20(24)13-28-21(25)18-6-8-19(9-7-18)29(26,27)23-11-15(3)10-16(4)12-23/h6-9,14-17H,10-13H2,1-5H3,(H,22,24)/t15-,16+,17-/m0/s1. The third-order valence-corrected chi connectivity index (χ3v) is 7.13. The lowest BCUT2D eigenvalue weighted by atomic mass is 9.94. The summed E-state index contributed by atoms with van der Waals surface area (Å²) in [5, 5.41) is 2.76. The Morgan fingerprint density at radius 1 is 1.10 bits per heavy atom. The van der Waals surface area contributed by atoms with Gasteiger partial charge in [-0.3, -0.25) is 4.79 Å². The highest BCUT2D eigenvalue weighted by molar-refractivity contribution is 7.89. The maximum atomic E-state index is 12.9. The summed E-state index contributed by atoms with van der Waals surface area (Å²) in [6.45, 7) is 10.6. The van der Waals surface area contributed by atoms with Gasteiger partial charge in [-0.25, -0.2) is 13.2 Å². The predicted molar refractivity (Wildman–Crippen MR) is 111 cm³/mol. The van der Waals surface area contributed by atoms with E-state index >= 15 is 0 Å². The molecule has 1 fully saturated rings. The van der Waals surface area contributed by atoms with Gasteiger partial charge in [0.2, 0.25) is 10.0 Å². The van der Waals surface area contributed by atoms with Crippen molar-refractivity contribution >= 4 is 21.9 Å². The molecule has 0 unspecified atom stereocenters. The van der Waals surface area contributed by atoms with Gasteiger partial charge in [0.05, 0.1) is 10.5 Å². The number of hydrogen-bond donors (Lipinski definition) is 1. The van der Waals surface area contributed by atoms with E-state index < -0.39 is 16.0 Å². The number of piperidine rings is 1. The number of carbonyl (C=O) groups excluding carboxylic acids is 2. The summed E-state index contributed by atoms with van der Waals surface area (Å²) < 4.78 is 32.3. The molecule has 2 rings (SSSR count). The quantitative estimate of drug-likeness (QED) is 0.680. The van der Waals surface area contributed by atoms with Crippen LogP contribution in [-0.2, 0) is 19.6 Å². The fourth-order valence-electron chi connectivity index (χ4n) is 3.39. The van der Waals surface area contributed by atoms with Gasteiger partial charge in [-0.2, -0.15) is 4.31 Å². The van der Waals surface area contributed by atoms with E-state index in [2.05, 4.69) is 19.2 Å². The van der Waals surface area contributed by atoms with Crippen molar-refractivity contribution in [3.05, 3.63) is 29.8 Å². The number of hydrogen-bond acceptors (Lipinski definition) is 5. The van der Waals surface area contributed by atoms with E-state index in [0.29, 0.717) is 24.9 Å². The molecule has 1 aliphatic heterocycles. The minimum Gasteiger partial charge on any atom is -0.452 e. The highest BCUT2D eigenvalue weighted by Crippen LogP contribution is 2.26. The third-order valence-electron chi connectivity index (χ3n) is 5.29. The van der Waals surface area contributed by atoms with E-state index in [0.717, 1.165) is 6.42 Å². The Morgan fingerprint density at radius 3 is 2.17 bits per heavy atom. The molecule has 0 bridgehead atoms. The maximum absolute atomic E-state index is 12.9. The molecule has 0 aliphatic carbocycles. The van der Waals surface area contributed by atoms with Gasteiger partial charge in [-0.05, 0) is 55.4 Å². The van der Waals surface area contributed by atoms with Gasteiger partial charge >= 0.3 is 5.97 Å². The van der Waals surface area contributed by atoms with Crippen molar-refractivity contribution in [3.8, 4) is 0 Å². The zero-order valence-corrected chi connectivity index (χ0v) is 18.7. The van der Waals surface area contributed by atoms with Gasteiger partial charge in [-0.1, -0.05) is 27.7 Å². The van der Waals surface area contributed by atoms with Crippen LogP contribution in [0.15, 0.2) is 29.2 Å². The first kappa shape index (κ1) is 23.3. The van der Waals surface area contributed by atoms with Crippen LogP contribution in [0.3, 0.4) is 0 Å². The number of esters is 1. The van der Waals surface area contributed by atoms with Crippen molar-refractivity contribution in [1.29, 1.82) is 0 Å². The average Bonchev–Trinajstić information content (AvgIpc) is 2.65. The fourth-order valence-corrected chi connectivity index (χ4v) is 5.07. The lowest BCUT2D eigenvalue weighted by Gasteiger charge is -2.34. The number of benzene rings is 1. The number of rotatable bonds is 7.